The predicted molar refractivity (Wildman–Crippen MR) is 135 cm³/mol. The highest BCUT2D eigenvalue weighted by Crippen LogP contribution is 2.20. The van der Waals surface area contributed by atoms with Crippen molar-refractivity contribution in [3.63, 3.8) is 0 Å². The van der Waals surface area contributed by atoms with Gasteiger partial charge in [0.05, 0.1) is 17.8 Å². The molecule has 3 aromatic heterocycles. The number of nitrogens with one attached hydrogen (secondary N) is 2. The van der Waals surface area contributed by atoms with E-state index < -0.39 is 0 Å². The van der Waals surface area contributed by atoms with Crippen LogP contribution in [0.5, 0.6) is 0 Å². The van der Waals surface area contributed by atoms with Crippen LogP contribution in [0.25, 0.3) is 10.9 Å². The van der Waals surface area contributed by atoms with E-state index in [1.54, 1.807) is 43.1 Å². The Morgan fingerprint density at radius 3 is 2.79 bits per heavy atom. The lowest BCUT2D eigenvalue weighted by molar-refractivity contribution is -0.123. The first kappa shape index (κ1) is 25.0. The van der Waals surface area contributed by atoms with Crippen LogP contribution in [0.1, 0.15) is 44.5 Å². The van der Waals surface area contributed by atoms with Crippen LogP contribution in [0.4, 0.5) is 5.69 Å². The summed E-state index contributed by atoms with van der Waals surface area (Å²) in [7, 11) is 3.37. The maximum Gasteiger partial charge on any atom is 0.274 e. The molecule has 8 nitrogen and oxygen atoms in total. The summed E-state index contributed by atoms with van der Waals surface area (Å²) in [5.74, 6) is 0.179. The fourth-order valence-corrected chi connectivity index (χ4v) is 3.66. The number of carbonyl (C=O) groups excluding carboxylic acids is 2. The second-order valence-corrected chi connectivity index (χ2v) is 9.04. The van der Waals surface area contributed by atoms with Crippen molar-refractivity contribution in [2.45, 2.75) is 46.1 Å². The zero-order valence-electron chi connectivity index (χ0n) is 20.3. The maximum atomic E-state index is 12.9. The average molecular weight is 464 g/mol. The number of aromatic amines is 1. The van der Waals surface area contributed by atoms with E-state index in [9.17, 15) is 14.4 Å². The summed E-state index contributed by atoms with van der Waals surface area (Å²) in [6.07, 6.45) is 9.13. The van der Waals surface area contributed by atoms with Gasteiger partial charge in [-0.1, -0.05) is 19.9 Å². The molecule has 3 rings (SSSR count). The van der Waals surface area contributed by atoms with Crippen LogP contribution in [0.3, 0.4) is 0 Å². The van der Waals surface area contributed by atoms with Crippen LogP contribution in [-0.2, 0) is 22.6 Å². The molecule has 0 radical (unpaired) electrons. The number of pyridine rings is 2. The van der Waals surface area contributed by atoms with Gasteiger partial charge < -0.3 is 19.8 Å². The monoisotopic (exact) mass is 463 g/mol. The SMILES string of the molecule is CC(C)Cc1nccc2cc(Cn3cccc(NC(=O)CCC/C=C/C(=O)N(C)C)c3=O)[nH]c12. The second-order valence-electron chi connectivity index (χ2n) is 9.04. The average Bonchev–Trinajstić information content (AvgIpc) is 3.19. The molecule has 0 fully saturated rings. The van der Waals surface area contributed by atoms with E-state index in [2.05, 4.69) is 29.1 Å². The highest BCUT2D eigenvalue weighted by Gasteiger charge is 2.11. The molecule has 34 heavy (non-hydrogen) atoms. The molecule has 0 aliphatic rings. The van der Waals surface area contributed by atoms with Gasteiger partial charge in [-0.15, -0.1) is 0 Å². The third kappa shape index (κ3) is 6.66. The van der Waals surface area contributed by atoms with Gasteiger partial charge >= 0.3 is 0 Å². The van der Waals surface area contributed by atoms with E-state index in [0.717, 1.165) is 28.7 Å². The Bertz CT molecular complexity index is 1240. The minimum absolute atomic E-state index is 0.0864. The first-order chi connectivity index (χ1) is 16.2. The standard InChI is InChI=1S/C26H33N5O3/c1-18(2)15-22-25-19(12-13-27-22)16-20(28-25)17-31-14-8-9-21(26(31)34)29-23(32)10-6-5-7-11-24(33)30(3)4/h7-9,11-14,16,18,28H,5-6,10,15,17H2,1-4H3,(H,29,32)/b11-7+. The van der Waals surface area contributed by atoms with E-state index in [-0.39, 0.29) is 29.5 Å². The number of rotatable bonds is 10. The van der Waals surface area contributed by atoms with Crippen molar-refractivity contribution >= 4 is 28.4 Å². The number of hydrogen-bond acceptors (Lipinski definition) is 4. The summed E-state index contributed by atoms with van der Waals surface area (Å²) in [6.45, 7) is 4.68. The summed E-state index contributed by atoms with van der Waals surface area (Å²) in [6, 6.07) is 7.36. The molecule has 0 aliphatic heterocycles. The molecule has 0 saturated heterocycles. The maximum absolute atomic E-state index is 12.9. The Balaban J connectivity index is 1.63. The molecule has 8 heteroatoms. The third-order valence-electron chi connectivity index (χ3n) is 5.39. The van der Waals surface area contributed by atoms with Gasteiger partial charge in [0.2, 0.25) is 11.8 Å². The number of aromatic nitrogens is 3. The fraction of sp³-hybridized carbons (Fsp3) is 0.385. The Hall–Kier alpha value is -3.68. The lowest BCUT2D eigenvalue weighted by Crippen LogP contribution is -2.25. The van der Waals surface area contributed by atoms with Gasteiger partial charge in [0.15, 0.2) is 0 Å². The third-order valence-corrected chi connectivity index (χ3v) is 5.39. The number of fused-ring (bicyclic) bond motifs is 1. The van der Waals surface area contributed by atoms with Crippen LogP contribution in [0, 0.1) is 5.92 Å². The molecule has 0 aromatic carbocycles. The van der Waals surface area contributed by atoms with Crippen LogP contribution < -0.4 is 10.9 Å². The zero-order chi connectivity index (χ0) is 24.7. The molecule has 3 aromatic rings. The molecular formula is C26H33N5O3. The van der Waals surface area contributed by atoms with Crippen molar-refractivity contribution in [2.75, 3.05) is 19.4 Å². The first-order valence-electron chi connectivity index (χ1n) is 11.6. The molecule has 0 saturated carbocycles. The van der Waals surface area contributed by atoms with Crippen molar-refractivity contribution in [3.05, 3.63) is 70.6 Å². The van der Waals surface area contributed by atoms with Gasteiger partial charge in [-0.2, -0.15) is 0 Å². The number of carbonyl (C=O) groups is 2. The van der Waals surface area contributed by atoms with Crippen molar-refractivity contribution < 1.29 is 9.59 Å². The lowest BCUT2D eigenvalue weighted by atomic mass is 10.1. The van der Waals surface area contributed by atoms with Gasteiger partial charge in [-0.25, -0.2) is 0 Å². The smallest absolute Gasteiger partial charge is 0.274 e. The van der Waals surface area contributed by atoms with Crippen LogP contribution in [0.2, 0.25) is 0 Å². The molecule has 0 atom stereocenters. The molecule has 0 spiro atoms. The van der Waals surface area contributed by atoms with E-state index >= 15 is 0 Å². The van der Waals surface area contributed by atoms with E-state index in [4.69, 9.17) is 0 Å². The van der Waals surface area contributed by atoms with E-state index in [1.807, 2.05) is 18.3 Å². The quantitative estimate of drug-likeness (QED) is 0.353. The molecule has 0 aliphatic carbocycles. The normalized spacial score (nSPS) is 11.4. The van der Waals surface area contributed by atoms with Gasteiger partial charge in [0.1, 0.15) is 5.69 Å². The number of nitrogens with zero attached hydrogens (tertiary/aromatic N) is 3. The summed E-state index contributed by atoms with van der Waals surface area (Å²) in [5, 5.41) is 3.79. The zero-order valence-corrected chi connectivity index (χ0v) is 20.3. The molecule has 2 N–H and O–H groups in total. The van der Waals surface area contributed by atoms with Crippen LogP contribution >= 0.6 is 0 Å². The Morgan fingerprint density at radius 1 is 1.26 bits per heavy atom. The topological polar surface area (TPSA) is 100 Å². The molecule has 3 heterocycles. The van der Waals surface area contributed by atoms with Crippen molar-refractivity contribution in [1.82, 2.24) is 19.4 Å². The van der Waals surface area contributed by atoms with Gasteiger partial charge in [0, 0.05) is 44.0 Å². The molecule has 0 unspecified atom stereocenters. The number of amides is 2. The second kappa shape index (κ2) is 11.4. The minimum Gasteiger partial charge on any atom is -0.355 e. The molecule has 2 amide bonds. The predicted octanol–water partition coefficient (Wildman–Crippen LogP) is 3.72. The highest BCUT2D eigenvalue weighted by atomic mass is 16.2. The summed E-state index contributed by atoms with van der Waals surface area (Å²) >= 11 is 0. The van der Waals surface area contributed by atoms with Crippen molar-refractivity contribution in [1.29, 1.82) is 0 Å². The lowest BCUT2D eigenvalue weighted by Gasteiger charge is -2.09. The summed E-state index contributed by atoms with van der Waals surface area (Å²) < 4.78 is 1.57. The van der Waals surface area contributed by atoms with Crippen LogP contribution in [-0.4, -0.2) is 45.3 Å². The van der Waals surface area contributed by atoms with Crippen molar-refractivity contribution in [2.24, 2.45) is 5.92 Å². The van der Waals surface area contributed by atoms with Gasteiger partial charge in [-0.05, 0) is 55.5 Å². The minimum atomic E-state index is -0.258. The Labute approximate surface area is 199 Å². The molecule has 180 valence electrons. The fourth-order valence-electron chi connectivity index (χ4n) is 3.66. The largest absolute Gasteiger partial charge is 0.355 e. The Morgan fingerprint density at radius 2 is 2.06 bits per heavy atom. The van der Waals surface area contributed by atoms with Gasteiger partial charge in [0.25, 0.3) is 5.56 Å². The van der Waals surface area contributed by atoms with Gasteiger partial charge in [-0.3, -0.25) is 19.4 Å². The molecule has 0 bridgehead atoms. The first-order valence-corrected chi connectivity index (χ1v) is 11.6. The number of unbranched alkanes of at least 4 members (excludes halogenated alkanes) is 1. The van der Waals surface area contributed by atoms with Crippen LogP contribution in [0.15, 0.2) is 53.6 Å². The summed E-state index contributed by atoms with van der Waals surface area (Å²) in [4.78, 5) is 46.2. The number of H-pyrrole nitrogens is 1. The van der Waals surface area contributed by atoms with E-state index in [0.29, 0.717) is 25.3 Å². The number of likely N-dealkylation sites (N-methyl/N-ethyl adjacent to an activating group) is 1. The number of allylic oxidation sites excluding steroid dienone is 1. The number of anilines is 1. The van der Waals surface area contributed by atoms with Crippen molar-refractivity contribution in [3.8, 4) is 0 Å². The summed E-state index contributed by atoms with van der Waals surface area (Å²) in [5.41, 5.74) is 2.92. The number of hydrogen-bond donors (Lipinski definition) is 2. The Kier molecular flexibility index (Phi) is 8.40. The molecular weight excluding hydrogens is 430 g/mol. The highest BCUT2D eigenvalue weighted by molar-refractivity contribution is 5.90. The van der Waals surface area contributed by atoms with E-state index in [1.165, 1.54) is 11.0 Å².